The van der Waals surface area contributed by atoms with Crippen molar-refractivity contribution in [2.45, 2.75) is 62.4 Å². The van der Waals surface area contributed by atoms with Crippen LogP contribution in [-0.2, 0) is 25.4 Å². The molecule has 14 nitrogen and oxygen atoms in total. The third kappa shape index (κ3) is 5.39. The molecular weight excluding hydrogens is 594 g/mol. The fraction of sp³-hybridized carbons (Fsp3) is 0.419. The highest BCUT2D eigenvalue weighted by molar-refractivity contribution is 6.31. The van der Waals surface area contributed by atoms with Gasteiger partial charge in [-0.25, -0.2) is 4.79 Å². The second-order valence-corrected chi connectivity index (χ2v) is 11.0. The van der Waals surface area contributed by atoms with Crippen LogP contribution < -0.4 is 10.1 Å². The summed E-state index contributed by atoms with van der Waals surface area (Å²) in [5.41, 5.74) is -4.05. The van der Waals surface area contributed by atoms with Gasteiger partial charge in [-0.2, -0.15) is 0 Å². The molecule has 0 aromatic heterocycles. The minimum atomic E-state index is -2.33. The summed E-state index contributed by atoms with van der Waals surface area (Å²) >= 11 is 0. The fourth-order valence-corrected chi connectivity index (χ4v) is 6.16. The number of benzene rings is 2. The molecule has 1 saturated heterocycles. The number of Topliss-reactive ketones (excluding diaryl/α,β-unsaturated/α-hetero) is 1. The molecule has 0 bridgehead atoms. The number of terminal acetylenes is 1. The molecule has 0 saturated carbocycles. The zero-order valence-corrected chi connectivity index (χ0v) is 24.2. The van der Waals surface area contributed by atoms with Crippen molar-refractivity contribution in [3.8, 4) is 29.6 Å². The molecule has 1 heterocycles. The van der Waals surface area contributed by atoms with Gasteiger partial charge in [0.15, 0.2) is 24.5 Å². The van der Waals surface area contributed by atoms with E-state index in [2.05, 4.69) is 11.2 Å². The Morgan fingerprint density at radius 3 is 2.53 bits per heavy atom. The van der Waals surface area contributed by atoms with E-state index < -0.39 is 102 Å². The third-order valence-corrected chi connectivity index (χ3v) is 8.35. The normalized spacial score (nSPS) is 27.0. The molecule has 6 N–H and O–H groups in total. The molecule has 0 unspecified atom stereocenters. The summed E-state index contributed by atoms with van der Waals surface area (Å²) in [7, 11) is 1.30. The first-order chi connectivity index (χ1) is 21.4. The molecule has 1 fully saturated rings. The summed E-state index contributed by atoms with van der Waals surface area (Å²) < 4.78 is 22.0. The lowest BCUT2D eigenvalue weighted by Gasteiger charge is -2.42. The number of methoxy groups -OCH3 is 1. The zero-order chi connectivity index (χ0) is 32.8. The van der Waals surface area contributed by atoms with Crippen LogP contribution in [0.3, 0.4) is 0 Å². The van der Waals surface area contributed by atoms with Gasteiger partial charge in [-0.1, -0.05) is 18.1 Å². The number of nitrogens with one attached hydrogen (secondary N) is 1. The number of hydrogen-bond acceptors (Lipinski definition) is 13. The molecule has 14 heteroatoms. The van der Waals surface area contributed by atoms with Crippen LogP contribution >= 0.6 is 0 Å². The van der Waals surface area contributed by atoms with Crippen LogP contribution in [0.15, 0.2) is 18.2 Å². The Labute approximate surface area is 256 Å². The summed E-state index contributed by atoms with van der Waals surface area (Å²) in [4.78, 5) is 52.3. The van der Waals surface area contributed by atoms with Gasteiger partial charge in [0.25, 0.3) is 0 Å². The number of fused-ring (bicyclic) bond motifs is 3. The Bertz CT molecular complexity index is 1630. The average Bonchev–Trinajstić information content (AvgIpc) is 3.01. The number of aliphatic hydroxyl groups excluding tert-OH is 2. The van der Waals surface area contributed by atoms with Crippen LogP contribution in [0.25, 0.3) is 0 Å². The van der Waals surface area contributed by atoms with E-state index in [4.69, 9.17) is 25.4 Å². The lowest BCUT2D eigenvalue weighted by Crippen LogP contribution is -2.56. The number of ketones is 3. The van der Waals surface area contributed by atoms with Crippen molar-refractivity contribution < 1.29 is 63.7 Å². The fourth-order valence-electron chi connectivity index (χ4n) is 6.16. The van der Waals surface area contributed by atoms with Gasteiger partial charge in [-0.15, -0.1) is 6.42 Å². The molecule has 2 aromatic rings. The summed E-state index contributed by atoms with van der Waals surface area (Å²) in [6.45, 7) is 0.105. The predicted octanol–water partition coefficient (Wildman–Crippen LogP) is 0.402. The molecule has 45 heavy (non-hydrogen) atoms. The SMILES string of the molecule is C#CCOC(=O)N[C@H]1C[C@@H](O[C@H]2C[C@](O)(C(=O)CO)Cc3c(O)c4c(c(O)c32)C(=O)c2c(OC)cccc2C4=O)O[C@@H](C)[C@H]1O. The minimum Gasteiger partial charge on any atom is -0.507 e. The lowest BCUT2D eigenvalue weighted by molar-refractivity contribution is -0.249. The van der Waals surface area contributed by atoms with Crippen LogP contribution in [0.5, 0.6) is 17.2 Å². The maximum Gasteiger partial charge on any atom is 0.408 e. The Morgan fingerprint density at radius 1 is 1.16 bits per heavy atom. The molecule has 2 aliphatic carbocycles. The molecule has 6 atom stereocenters. The molecule has 1 aliphatic heterocycles. The molecule has 1 amide bonds. The minimum absolute atomic E-state index is 0.0614. The number of hydrogen-bond donors (Lipinski definition) is 6. The number of phenolic OH excluding ortho intramolecular Hbond substituents is 2. The van der Waals surface area contributed by atoms with E-state index in [1.807, 2.05) is 0 Å². The van der Waals surface area contributed by atoms with E-state index in [1.54, 1.807) is 0 Å². The Kier molecular flexibility index (Phi) is 8.58. The van der Waals surface area contributed by atoms with Crippen molar-refractivity contribution >= 4 is 23.4 Å². The number of phenols is 2. The topological polar surface area (TPSA) is 218 Å². The number of aliphatic hydroxyl groups is 3. The monoisotopic (exact) mass is 625 g/mol. The number of aromatic hydroxyl groups is 2. The van der Waals surface area contributed by atoms with Gasteiger partial charge in [-0.05, 0) is 13.0 Å². The zero-order valence-electron chi connectivity index (χ0n) is 24.2. The first-order valence-electron chi connectivity index (χ1n) is 14.0. The van der Waals surface area contributed by atoms with Crippen LogP contribution in [0.2, 0.25) is 0 Å². The van der Waals surface area contributed by atoms with Crippen molar-refractivity contribution in [3.05, 3.63) is 51.6 Å². The van der Waals surface area contributed by atoms with Gasteiger partial charge in [0.1, 0.15) is 35.6 Å². The lowest BCUT2D eigenvalue weighted by atomic mass is 9.72. The van der Waals surface area contributed by atoms with Crippen LogP contribution in [0.4, 0.5) is 4.79 Å². The first-order valence-corrected chi connectivity index (χ1v) is 14.0. The highest BCUT2D eigenvalue weighted by Crippen LogP contribution is 2.52. The van der Waals surface area contributed by atoms with Gasteiger partial charge in [0.05, 0.1) is 42.0 Å². The first kappa shape index (κ1) is 31.9. The van der Waals surface area contributed by atoms with E-state index in [0.717, 1.165) is 0 Å². The van der Waals surface area contributed by atoms with E-state index in [1.165, 1.54) is 32.2 Å². The Balaban J connectivity index is 1.59. The maximum atomic E-state index is 13.8. The van der Waals surface area contributed by atoms with Gasteiger partial charge < -0.3 is 49.8 Å². The van der Waals surface area contributed by atoms with Crippen molar-refractivity contribution in [1.29, 1.82) is 0 Å². The number of carbonyl (C=O) groups excluding carboxylic acids is 4. The molecule has 0 spiro atoms. The second-order valence-electron chi connectivity index (χ2n) is 11.0. The van der Waals surface area contributed by atoms with Gasteiger partial charge in [0.2, 0.25) is 5.78 Å². The maximum absolute atomic E-state index is 13.8. The van der Waals surface area contributed by atoms with Crippen LogP contribution in [-0.4, -0.2) is 99.4 Å². The Morgan fingerprint density at radius 2 is 1.87 bits per heavy atom. The predicted molar refractivity (Wildman–Crippen MR) is 151 cm³/mol. The summed E-state index contributed by atoms with van der Waals surface area (Å²) in [6.07, 6.45) is -2.03. The van der Waals surface area contributed by atoms with Gasteiger partial charge >= 0.3 is 6.09 Å². The highest BCUT2D eigenvalue weighted by Gasteiger charge is 2.50. The summed E-state index contributed by atoms with van der Waals surface area (Å²) in [6, 6.07) is 3.32. The molecule has 2 aromatic carbocycles. The summed E-state index contributed by atoms with van der Waals surface area (Å²) in [5, 5.41) is 57.1. The van der Waals surface area contributed by atoms with Crippen molar-refractivity contribution in [3.63, 3.8) is 0 Å². The number of amides is 1. The quantitative estimate of drug-likeness (QED) is 0.155. The molecule has 238 valence electrons. The number of carbonyl (C=O) groups is 4. The van der Waals surface area contributed by atoms with Crippen molar-refractivity contribution in [2.24, 2.45) is 0 Å². The standard InChI is InChI=1S/C31H31NO13/c1-4-8-43-30(40)32-16-9-20(44-13(2)25(16)35)45-18-11-31(41,19(34)12-33)10-15-22(18)29(39)24-23(27(15)37)26(36)14-6-5-7-17(42-3)21(14)28(24)38/h1,5-7,13,16,18,20,25,33,35,37,39,41H,8-12H2,2-3H3,(H,32,40)/t13-,16-,18-,20+,25+,31-/m0/s1. The smallest absolute Gasteiger partial charge is 0.408 e. The third-order valence-electron chi connectivity index (χ3n) is 8.35. The van der Waals surface area contributed by atoms with Gasteiger partial charge in [0, 0.05) is 36.0 Å². The second kappa shape index (κ2) is 12.1. The molecular formula is C31H31NO13. The van der Waals surface area contributed by atoms with Crippen molar-refractivity contribution in [1.82, 2.24) is 5.32 Å². The van der Waals surface area contributed by atoms with E-state index in [9.17, 15) is 44.7 Å². The molecule has 3 aliphatic rings. The summed E-state index contributed by atoms with van der Waals surface area (Å²) in [5.74, 6) is -1.94. The molecule has 5 rings (SSSR count). The van der Waals surface area contributed by atoms with E-state index >= 15 is 0 Å². The number of ether oxygens (including phenoxy) is 4. The largest absolute Gasteiger partial charge is 0.507 e. The number of alkyl carbamates (subject to hydrolysis) is 1. The van der Waals surface area contributed by atoms with Crippen LogP contribution in [0.1, 0.15) is 68.8 Å². The van der Waals surface area contributed by atoms with Crippen molar-refractivity contribution in [2.75, 3.05) is 20.3 Å². The number of rotatable bonds is 7. The van der Waals surface area contributed by atoms with E-state index in [0.29, 0.717) is 0 Å². The van der Waals surface area contributed by atoms with E-state index in [-0.39, 0.29) is 41.0 Å². The molecule has 0 radical (unpaired) electrons. The average molecular weight is 626 g/mol. The Hall–Kier alpha value is -4.52. The van der Waals surface area contributed by atoms with Crippen LogP contribution in [0, 0.1) is 12.3 Å². The van der Waals surface area contributed by atoms with Gasteiger partial charge in [-0.3, -0.25) is 14.4 Å². The highest BCUT2D eigenvalue weighted by atomic mass is 16.7.